The number of nitrogen functional groups attached to an aromatic ring is 1. The Bertz CT molecular complexity index is 1090. The fourth-order valence-electron chi connectivity index (χ4n) is 3.18. The van der Waals surface area contributed by atoms with Crippen LogP contribution in [0.2, 0.25) is 0 Å². The van der Waals surface area contributed by atoms with E-state index in [0.29, 0.717) is 17.7 Å². The summed E-state index contributed by atoms with van der Waals surface area (Å²) in [5, 5.41) is 5.75. The van der Waals surface area contributed by atoms with Crippen molar-refractivity contribution in [3.63, 3.8) is 0 Å². The highest BCUT2D eigenvalue weighted by atomic mass is 31.2. The molecule has 0 aliphatic heterocycles. The van der Waals surface area contributed by atoms with E-state index in [-0.39, 0.29) is 37.3 Å². The van der Waals surface area contributed by atoms with Crippen molar-refractivity contribution >= 4 is 36.4 Å². The summed E-state index contributed by atoms with van der Waals surface area (Å²) in [6.07, 6.45) is 2.03. The van der Waals surface area contributed by atoms with Gasteiger partial charge in [-0.3, -0.25) is 19.2 Å². The molecule has 0 amide bonds. The molecule has 4 N–H and O–H groups in total. The van der Waals surface area contributed by atoms with Gasteiger partial charge in [-0.05, 0) is 33.6 Å². The van der Waals surface area contributed by atoms with E-state index in [2.05, 4.69) is 25.1 Å². The van der Waals surface area contributed by atoms with E-state index in [0.717, 1.165) is 0 Å². The Morgan fingerprint density at radius 3 is 2.43 bits per heavy atom. The topological polar surface area (TPSA) is 173 Å². The number of nitrogens with one attached hydrogen (secondary N) is 2. The first-order chi connectivity index (χ1) is 17.3. The van der Waals surface area contributed by atoms with Crippen LogP contribution in [0.3, 0.4) is 0 Å². The highest BCUT2D eigenvalue weighted by molar-refractivity contribution is 7.59. The van der Waals surface area contributed by atoms with Crippen LogP contribution in [0.4, 0.5) is 5.82 Å². The number of imidazole rings is 1. The lowest BCUT2D eigenvalue weighted by Gasteiger charge is -2.26. The maximum atomic E-state index is 13.8. The molecule has 0 aromatic carbocycles. The maximum Gasteiger partial charge on any atom is 0.323 e. The van der Waals surface area contributed by atoms with E-state index in [1.807, 2.05) is 20.8 Å². The molecule has 0 radical (unpaired) electrons. The van der Waals surface area contributed by atoms with Crippen LogP contribution >= 0.6 is 7.44 Å². The van der Waals surface area contributed by atoms with Crippen molar-refractivity contribution in [3.05, 3.63) is 12.7 Å². The van der Waals surface area contributed by atoms with Crippen molar-refractivity contribution in [1.82, 2.24) is 29.7 Å². The Labute approximate surface area is 217 Å². The largest absolute Gasteiger partial charge is 0.464 e. The van der Waals surface area contributed by atoms with Crippen LogP contribution in [-0.2, 0) is 34.9 Å². The van der Waals surface area contributed by atoms with Crippen LogP contribution in [-0.4, -0.2) is 69.2 Å². The zero-order valence-electron chi connectivity index (χ0n) is 22.6. The SMILES string of the molecule is CC(C)COC(=O)[C@@H](C)NP(=O)(CO[C@H](C)Cn1cnc2c(N)ncnc21)NC[C@H](C)C(=O)OC(C)C. The zero-order chi connectivity index (χ0) is 27.8. The predicted molar refractivity (Wildman–Crippen MR) is 140 cm³/mol. The lowest BCUT2D eigenvalue weighted by atomic mass is 10.2. The summed E-state index contributed by atoms with van der Waals surface area (Å²) < 4.78 is 32.0. The monoisotopic (exact) mass is 541 g/mol. The molecule has 2 aromatic rings. The second kappa shape index (κ2) is 13.8. The van der Waals surface area contributed by atoms with Gasteiger partial charge < -0.3 is 24.5 Å². The van der Waals surface area contributed by atoms with Gasteiger partial charge in [0.05, 0.1) is 37.6 Å². The molecule has 0 spiro atoms. The Kier molecular flexibility index (Phi) is 11.4. The lowest BCUT2D eigenvalue weighted by Crippen LogP contribution is -2.40. The Hall–Kier alpha value is -2.60. The number of esters is 2. The smallest absolute Gasteiger partial charge is 0.323 e. The van der Waals surface area contributed by atoms with E-state index in [1.165, 1.54) is 6.33 Å². The second-order valence-corrected chi connectivity index (χ2v) is 12.1. The van der Waals surface area contributed by atoms with Crippen LogP contribution in [0, 0.1) is 11.8 Å². The summed E-state index contributed by atoms with van der Waals surface area (Å²) in [6, 6.07) is -0.869. The molecule has 0 fully saturated rings. The van der Waals surface area contributed by atoms with Crippen LogP contribution < -0.4 is 15.9 Å². The van der Waals surface area contributed by atoms with E-state index in [4.69, 9.17) is 19.9 Å². The van der Waals surface area contributed by atoms with Crippen molar-refractivity contribution in [3.8, 4) is 0 Å². The second-order valence-electron chi connectivity index (χ2n) is 9.80. The summed E-state index contributed by atoms with van der Waals surface area (Å²) >= 11 is 0. The summed E-state index contributed by atoms with van der Waals surface area (Å²) in [5.74, 6) is -1.07. The molecule has 0 bridgehead atoms. The standard InChI is InChI=1S/C23H40N7O6P/c1-14(2)10-34-23(32)18(7)29-37(33,28-8-16(5)22(31)36-15(3)4)13-35-17(6)9-30-12-27-19-20(24)25-11-26-21(19)30/h11-12,14-18H,8-10,13H2,1-7H3,(H2,24,25,26)(H2,28,29,33)/t16-,17+,18+,37?/m0/s1. The van der Waals surface area contributed by atoms with Gasteiger partial charge in [0.15, 0.2) is 11.5 Å². The number of hydrogen-bond donors (Lipinski definition) is 3. The fourth-order valence-corrected chi connectivity index (χ4v) is 5.20. The van der Waals surface area contributed by atoms with Gasteiger partial charge >= 0.3 is 11.9 Å². The molecular formula is C23H40N7O6P. The summed E-state index contributed by atoms with van der Waals surface area (Å²) in [7, 11) is -3.51. The average molecular weight is 542 g/mol. The number of hydrogen-bond acceptors (Lipinski definition) is 10. The van der Waals surface area contributed by atoms with Crippen molar-refractivity contribution in [2.75, 3.05) is 25.2 Å². The molecule has 0 saturated carbocycles. The van der Waals surface area contributed by atoms with Gasteiger partial charge in [-0.25, -0.2) is 20.0 Å². The van der Waals surface area contributed by atoms with Gasteiger partial charge in [0.25, 0.3) is 0 Å². The Morgan fingerprint density at radius 1 is 1.08 bits per heavy atom. The number of carbonyl (C=O) groups is 2. The third kappa shape index (κ3) is 9.66. The fraction of sp³-hybridized carbons (Fsp3) is 0.696. The summed E-state index contributed by atoms with van der Waals surface area (Å²) in [6.45, 7) is 13.1. The van der Waals surface area contributed by atoms with Gasteiger partial charge in [-0.2, -0.15) is 0 Å². The number of carbonyl (C=O) groups excluding carboxylic acids is 2. The summed E-state index contributed by atoms with van der Waals surface area (Å²) in [5.41, 5.74) is 6.89. The molecule has 0 aliphatic carbocycles. The number of nitrogens with two attached hydrogens (primary N) is 1. The van der Waals surface area contributed by atoms with Crippen molar-refractivity contribution in [1.29, 1.82) is 0 Å². The molecule has 1 unspecified atom stereocenters. The minimum Gasteiger partial charge on any atom is -0.464 e. The molecule has 13 nitrogen and oxygen atoms in total. The minimum atomic E-state index is -3.51. The maximum absolute atomic E-state index is 13.8. The first-order valence-electron chi connectivity index (χ1n) is 12.3. The summed E-state index contributed by atoms with van der Waals surface area (Å²) in [4.78, 5) is 37.0. The molecular weight excluding hydrogens is 501 g/mol. The van der Waals surface area contributed by atoms with Gasteiger partial charge in [0, 0.05) is 6.54 Å². The van der Waals surface area contributed by atoms with E-state index < -0.39 is 37.4 Å². The van der Waals surface area contributed by atoms with Gasteiger partial charge in [0.2, 0.25) is 7.44 Å². The molecule has 208 valence electrons. The lowest BCUT2D eigenvalue weighted by molar-refractivity contribution is -0.151. The molecule has 2 heterocycles. The van der Waals surface area contributed by atoms with Crippen LogP contribution in [0.5, 0.6) is 0 Å². The van der Waals surface area contributed by atoms with Crippen molar-refractivity contribution < 1.29 is 28.4 Å². The first kappa shape index (κ1) is 30.6. The number of ether oxygens (including phenoxy) is 3. The number of nitrogens with zero attached hydrogens (tertiary/aromatic N) is 4. The van der Waals surface area contributed by atoms with E-state index in [9.17, 15) is 14.2 Å². The average Bonchev–Trinajstić information content (AvgIpc) is 3.23. The number of fused-ring (bicyclic) bond motifs is 1. The van der Waals surface area contributed by atoms with Crippen LogP contribution in [0.25, 0.3) is 11.2 Å². The predicted octanol–water partition coefficient (Wildman–Crippen LogP) is 2.32. The minimum absolute atomic E-state index is 0.0592. The molecule has 4 atom stereocenters. The normalized spacial score (nSPS) is 15.9. The third-order valence-corrected chi connectivity index (χ3v) is 7.16. The highest BCUT2D eigenvalue weighted by Crippen LogP contribution is 2.37. The third-order valence-electron chi connectivity index (χ3n) is 5.15. The van der Waals surface area contributed by atoms with Gasteiger partial charge in [0.1, 0.15) is 24.2 Å². The Balaban J connectivity index is 2.07. The molecule has 0 saturated heterocycles. The number of anilines is 1. The molecule has 0 aliphatic rings. The van der Waals surface area contributed by atoms with Crippen LogP contribution in [0.15, 0.2) is 12.7 Å². The van der Waals surface area contributed by atoms with Gasteiger partial charge in [-0.15, -0.1) is 0 Å². The van der Waals surface area contributed by atoms with Crippen molar-refractivity contribution in [2.45, 2.75) is 73.3 Å². The molecule has 37 heavy (non-hydrogen) atoms. The highest BCUT2D eigenvalue weighted by Gasteiger charge is 2.30. The van der Waals surface area contributed by atoms with E-state index in [1.54, 1.807) is 38.6 Å². The quantitative estimate of drug-likeness (QED) is 0.222. The molecule has 14 heteroatoms. The zero-order valence-corrected chi connectivity index (χ0v) is 23.5. The van der Waals surface area contributed by atoms with Crippen molar-refractivity contribution in [2.24, 2.45) is 11.8 Å². The van der Waals surface area contributed by atoms with Gasteiger partial charge in [-0.1, -0.05) is 20.8 Å². The number of rotatable bonds is 15. The first-order valence-corrected chi connectivity index (χ1v) is 14.2. The molecule has 2 aromatic heterocycles. The van der Waals surface area contributed by atoms with E-state index >= 15 is 0 Å². The molecule has 2 rings (SSSR count). The number of aromatic nitrogens is 4. The Morgan fingerprint density at radius 2 is 1.78 bits per heavy atom. The van der Waals surface area contributed by atoms with Crippen LogP contribution in [0.1, 0.15) is 48.5 Å².